The Hall–Kier alpha value is -2.88. The summed E-state index contributed by atoms with van der Waals surface area (Å²) in [4.78, 5) is 20.7. The van der Waals surface area contributed by atoms with Gasteiger partial charge in [0.2, 0.25) is 5.95 Å². The average Bonchev–Trinajstić information content (AvgIpc) is 2.77. The summed E-state index contributed by atoms with van der Waals surface area (Å²) in [5.41, 5.74) is 1.58. The molecule has 1 saturated heterocycles. The Morgan fingerprint density at radius 1 is 1.19 bits per heavy atom. The maximum atomic E-state index is 11.3. The molecule has 9 heteroatoms. The molecule has 0 aliphatic carbocycles. The lowest BCUT2D eigenvalue weighted by Crippen LogP contribution is -2.35. The van der Waals surface area contributed by atoms with Crippen LogP contribution in [0.4, 0.5) is 11.6 Å². The molecule has 2 aromatic carbocycles. The monoisotopic (exact) mass is 441 g/mol. The largest absolute Gasteiger partial charge is 0.488 e. The van der Waals surface area contributed by atoms with Gasteiger partial charge < -0.3 is 19.7 Å². The van der Waals surface area contributed by atoms with E-state index >= 15 is 0 Å². The fraction of sp³-hybridized carbons (Fsp3) is 0.318. The Balaban J connectivity index is 0.000000858. The Labute approximate surface area is 184 Å². The normalized spacial score (nSPS) is 15.6. The summed E-state index contributed by atoms with van der Waals surface area (Å²) in [5, 5.41) is 9.50. The minimum Gasteiger partial charge on any atom is -0.488 e. The first-order valence-corrected chi connectivity index (χ1v) is 11.3. The van der Waals surface area contributed by atoms with E-state index in [9.17, 15) is 4.21 Å². The van der Waals surface area contributed by atoms with Gasteiger partial charge in [0.15, 0.2) is 0 Å². The van der Waals surface area contributed by atoms with Crippen LogP contribution in [0, 0.1) is 0 Å². The van der Waals surface area contributed by atoms with Crippen molar-refractivity contribution in [1.29, 1.82) is 0 Å². The van der Waals surface area contributed by atoms with Gasteiger partial charge in [0.05, 0.1) is 4.90 Å². The molecule has 1 unspecified atom stereocenters. The third-order valence-corrected chi connectivity index (χ3v) is 5.61. The predicted molar refractivity (Wildman–Crippen MR) is 123 cm³/mol. The number of hydrogen-bond donors (Lipinski definition) is 2. The molecule has 3 aromatic rings. The van der Waals surface area contributed by atoms with Crippen LogP contribution in [0.25, 0.3) is 10.9 Å². The van der Waals surface area contributed by atoms with Gasteiger partial charge in [-0.1, -0.05) is 12.1 Å². The zero-order chi connectivity index (χ0) is 22.2. The van der Waals surface area contributed by atoms with Crippen molar-refractivity contribution in [3.05, 3.63) is 48.7 Å². The maximum Gasteiger partial charge on any atom is 0.227 e. The molecule has 1 aromatic heterocycles. The second-order valence-corrected chi connectivity index (χ2v) is 8.26. The Morgan fingerprint density at radius 2 is 1.87 bits per heavy atom. The number of aldehydes is 1. The highest BCUT2D eigenvalue weighted by atomic mass is 32.2. The first kappa shape index (κ1) is 22.8. The number of likely N-dealkylation sites (tertiary alicyclic amines) is 1. The molecule has 1 aliphatic rings. The second kappa shape index (κ2) is 10.9. The zero-order valence-corrected chi connectivity index (χ0v) is 18.5. The van der Waals surface area contributed by atoms with E-state index in [-0.39, 0.29) is 6.10 Å². The number of anilines is 2. The number of piperidine rings is 1. The Morgan fingerprint density at radius 3 is 2.52 bits per heavy atom. The summed E-state index contributed by atoms with van der Waals surface area (Å²) in [6.45, 7) is 3.53. The SMILES string of the molecule is CC=O.CN1CCC(Oc2cccc3cnc(Nc4ccc(S(N)=O)cc4)nc23)CC1. The number of ether oxygens (including phenoxy) is 1. The van der Waals surface area contributed by atoms with Gasteiger partial charge in [-0.3, -0.25) is 0 Å². The van der Waals surface area contributed by atoms with Crippen molar-refractivity contribution < 1.29 is 13.7 Å². The molecule has 2 heterocycles. The van der Waals surface area contributed by atoms with Crippen molar-refractivity contribution in [2.24, 2.45) is 5.14 Å². The lowest BCUT2D eigenvalue weighted by atomic mass is 10.1. The summed E-state index contributed by atoms with van der Waals surface area (Å²) in [6, 6.07) is 12.9. The molecule has 0 bridgehead atoms. The van der Waals surface area contributed by atoms with Gasteiger partial charge >= 0.3 is 0 Å². The predicted octanol–water partition coefficient (Wildman–Crippen LogP) is 3.03. The summed E-state index contributed by atoms with van der Waals surface area (Å²) in [6.07, 6.45) is 4.77. The van der Waals surface area contributed by atoms with Crippen LogP contribution in [0.1, 0.15) is 19.8 Å². The summed E-state index contributed by atoms with van der Waals surface area (Å²) in [7, 11) is 0.646. The number of carbonyl (C=O) groups excluding carboxylic acids is 1. The fourth-order valence-corrected chi connectivity index (χ4v) is 3.67. The number of nitrogens with one attached hydrogen (secondary N) is 1. The van der Waals surface area contributed by atoms with Crippen LogP contribution >= 0.6 is 0 Å². The third-order valence-electron chi connectivity index (χ3n) is 4.88. The van der Waals surface area contributed by atoms with Crippen LogP contribution < -0.4 is 15.2 Å². The van der Waals surface area contributed by atoms with Gasteiger partial charge in [0.1, 0.15) is 34.6 Å². The highest BCUT2D eigenvalue weighted by molar-refractivity contribution is 7.82. The minimum absolute atomic E-state index is 0.206. The molecule has 0 spiro atoms. The first-order valence-electron chi connectivity index (χ1n) is 10.0. The number of carbonyl (C=O) groups is 1. The second-order valence-electron chi connectivity index (χ2n) is 7.19. The van der Waals surface area contributed by atoms with Crippen molar-refractivity contribution in [3.63, 3.8) is 0 Å². The zero-order valence-electron chi connectivity index (χ0n) is 17.7. The molecule has 164 valence electrons. The van der Waals surface area contributed by atoms with E-state index in [2.05, 4.69) is 27.2 Å². The van der Waals surface area contributed by atoms with Crippen LogP contribution in [-0.2, 0) is 15.8 Å². The number of hydrogen-bond acceptors (Lipinski definition) is 7. The average molecular weight is 442 g/mol. The lowest BCUT2D eigenvalue weighted by Gasteiger charge is -2.29. The van der Waals surface area contributed by atoms with E-state index < -0.39 is 11.0 Å². The fourth-order valence-electron chi connectivity index (χ4n) is 3.27. The highest BCUT2D eigenvalue weighted by Crippen LogP contribution is 2.27. The highest BCUT2D eigenvalue weighted by Gasteiger charge is 2.19. The van der Waals surface area contributed by atoms with Gasteiger partial charge in [-0.05, 0) is 57.1 Å². The first-order chi connectivity index (χ1) is 15.0. The molecule has 3 N–H and O–H groups in total. The molecule has 0 radical (unpaired) electrons. The van der Waals surface area contributed by atoms with Crippen LogP contribution in [-0.4, -0.2) is 51.6 Å². The third kappa shape index (κ3) is 6.30. The van der Waals surface area contributed by atoms with Gasteiger partial charge in [-0.2, -0.15) is 0 Å². The molecule has 8 nitrogen and oxygen atoms in total. The molecule has 31 heavy (non-hydrogen) atoms. The van der Waals surface area contributed by atoms with Gasteiger partial charge in [-0.15, -0.1) is 0 Å². The number of fused-ring (bicyclic) bond motifs is 1. The van der Waals surface area contributed by atoms with Crippen molar-refractivity contribution in [3.8, 4) is 5.75 Å². The van der Waals surface area contributed by atoms with E-state index in [0.29, 0.717) is 10.8 Å². The molecule has 0 amide bonds. The number of nitrogens with two attached hydrogens (primary N) is 1. The quantitative estimate of drug-likeness (QED) is 0.586. The molecule has 1 aliphatic heterocycles. The lowest BCUT2D eigenvalue weighted by molar-refractivity contribution is -0.106. The standard InChI is InChI=1S/C20H23N5O2S.C2H4O/c1-25-11-9-16(10-12-25)27-18-4-2-3-14-13-22-20(24-19(14)18)23-15-5-7-17(8-6-15)28(21)26;1-2-3/h2-8,13,16H,9-12,21H2,1H3,(H,22,23,24);2H,1H3. The van der Waals surface area contributed by atoms with Gasteiger partial charge in [-0.25, -0.2) is 19.3 Å². The van der Waals surface area contributed by atoms with Gasteiger partial charge in [0, 0.05) is 30.4 Å². The van der Waals surface area contributed by atoms with Crippen LogP contribution in [0.3, 0.4) is 0 Å². The van der Waals surface area contributed by atoms with E-state index in [1.165, 1.54) is 6.92 Å². The molecule has 0 saturated carbocycles. The molecule has 1 atom stereocenters. The van der Waals surface area contributed by atoms with Crippen LogP contribution in [0.2, 0.25) is 0 Å². The van der Waals surface area contributed by atoms with Crippen molar-refractivity contribution in [1.82, 2.24) is 14.9 Å². The van der Waals surface area contributed by atoms with E-state index in [0.717, 1.165) is 54.6 Å². The Kier molecular flexibility index (Phi) is 8.05. The number of nitrogens with zero attached hydrogens (tertiary/aromatic N) is 3. The number of rotatable bonds is 5. The van der Waals surface area contributed by atoms with Crippen molar-refractivity contribution >= 4 is 39.8 Å². The summed E-state index contributed by atoms with van der Waals surface area (Å²) in [5.74, 6) is 1.26. The summed E-state index contributed by atoms with van der Waals surface area (Å²) < 4.78 is 17.6. The number of benzene rings is 2. The smallest absolute Gasteiger partial charge is 0.227 e. The van der Waals surface area contributed by atoms with E-state index in [4.69, 9.17) is 14.7 Å². The van der Waals surface area contributed by atoms with Gasteiger partial charge in [0.25, 0.3) is 0 Å². The molecule has 1 fully saturated rings. The molecular weight excluding hydrogens is 414 g/mol. The van der Waals surface area contributed by atoms with Crippen molar-refractivity contribution in [2.75, 3.05) is 25.5 Å². The number of aromatic nitrogens is 2. The topological polar surface area (TPSA) is 110 Å². The van der Waals surface area contributed by atoms with Crippen LogP contribution in [0.5, 0.6) is 5.75 Å². The van der Waals surface area contributed by atoms with Crippen molar-refractivity contribution in [2.45, 2.75) is 30.8 Å². The Bertz CT molecular complexity index is 1040. The maximum absolute atomic E-state index is 11.3. The summed E-state index contributed by atoms with van der Waals surface area (Å²) >= 11 is 0. The minimum atomic E-state index is -1.49. The molecule has 4 rings (SSSR count). The molecular formula is C22H27N5O3S. The van der Waals surface area contributed by atoms with E-state index in [1.54, 1.807) is 30.5 Å². The number of para-hydroxylation sites is 1. The van der Waals surface area contributed by atoms with Crippen LogP contribution in [0.15, 0.2) is 53.6 Å². The van der Waals surface area contributed by atoms with E-state index in [1.807, 2.05) is 18.2 Å².